The first kappa shape index (κ1) is 20.5. The van der Waals surface area contributed by atoms with Crippen molar-refractivity contribution in [3.63, 3.8) is 0 Å². The quantitative estimate of drug-likeness (QED) is 0.377. The van der Waals surface area contributed by atoms with Gasteiger partial charge >= 0.3 is 0 Å². The second-order valence-corrected chi connectivity index (χ2v) is 9.08. The molecule has 0 fully saturated rings. The number of hydrogen-bond acceptors (Lipinski definition) is 4. The zero-order valence-electron chi connectivity index (χ0n) is 16.5. The fraction of sp³-hybridized carbons (Fsp3) is 0.227. The molecule has 0 saturated carbocycles. The summed E-state index contributed by atoms with van der Waals surface area (Å²) in [6.45, 7) is 2.95. The van der Waals surface area contributed by atoms with Gasteiger partial charge in [-0.25, -0.2) is 17.5 Å². The minimum absolute atomic E-state index is 0.230. The van der Waals surface area contributed by atoms with Crippen molar-refractivity contribution >= 4 is 31.7 Å². The summed E-state index contributed by atoms with van der Waals surface area (Å²) < 4.78 is 41.6. The van der Waals surface area contributed by atoms with Crippen LogP contribution < -0.4 is 10.0 Å². The third kappa shape index (κ3) is 4.51. The number of nitrogens with one attached hydrogen (secondary N) is 3. The van der Waals surface area contributed by atoms with Crippen LogP contribution in [0.25, 0.3) is 21.7 Å². The Bertz CT molecular complexity index is 1290. The van der Waals surface area contributed by atoms with Crippen molar-refractivity contribution in [1.82, 2.24) is 20.0 Å². The Hall–Kier alpha value is -2.81. The van der Waals surface area contributed by atoms with Gasteiger partial charge < -0.3 is 10.3 Å². The number of hydrogen-bond donors (Lipinski definition) is 3. The maximum Gasteiger partial charge on any atom is 0.240 e. The van der Waals surface area contributed by atoms with E-state index in [1.807, 2.05) is 13.1 Å². The zero-order chi connectivity index (χ0) is 21.1. The number of sulfonamides is 1. The summed E-state index contributed by atoms with van der Waals surface area (Å²) in [5.41, 5.74) is 1.93. The third-order valence-electron chi connectivity index (χ3n) is 5.03. The molecule has 2 aromatic carbocycles. The lowest BCUT2D eigenvalue weighted by Crippen LogP contribution is -2.40. The molecule has 4 rings (SSSR count). The molecule has 30 heavy (non-hydrogen) atoms. The van der Waals surface area contributed by atoms with Crippen molar-refractivity contribution in [3.05, 3.63) is 72.4 Å². The molecule has 1 unspecified atom stereocenters. The fourth-order valence-electron chi connectivity index (χ4n) is 3.50. The lowest BCUT2D eigenvalue weighted by atomic mass is 10.1. The average molecular weight is 427 g/mol. The number of nitrogens with zero attached hydrogens (tertiary/aromatic N) is 1. The molecule has 0 aliphatic carbocycles. The van der Waals surface area contributed by atoms with Crippen LogP contribution in [0.3, 0.4) is 0 Å². The van der Waals surface area contributed by atoms with Gasteiger partial charge in [-0.3, -0.25) is 4.98 Å². The number of benzene rings is 2. The zero-order valence-corrected chi connectivity index (χ0v) is 17.3. The highest BCUT2D eigenvalue weighted by atomic mass is 32.2. The normalized spacial score (nSPS) is 13.1. The van der Waals surface area contributed by atoms with Crippen LogP contribution in [-0.4, -0.2) is 37.5 Å². The molecular formula is C22H23FN4O2S. The predicted octanol–water partition coefficient (Wildman–Crippen LogP) is 3.35. The summed E-state index contributed by atoms with van der Waals surface area (Å²) in [7, 11) is -3.62. The number of fused-ring (bicyclic) bond motifs is 2. The molecule has 2 aromatic heterocycles. The fourth-order valence-corrected chi connectivity index (χ4v) is 4.78. The highest BCUT2D eigenvalue weighted by Gasteiger charge is 2.17. The molecule has 0 bridgehead atoms. The van der Waals surface area contributed by atoms with E-state index < -0.39 is 10.0 Å². The van der Waals surface area contributed by atoms with Gasteiger partial charge in [0.15, 0.2) is 0 Å². The van der Waals surface area contributed by atoms with Gasteiger partial charge in [0, 0.05) is 47.5 Å². The van der Waals surface area contributed by atoms with Crippen LogP contribution in [0.1, 0.15) is 12.5 Å². The van der Waals surface area contributed by atoms with Crippen molar-refractivity contribution in [2.24, 2.45) is 0 Å². The Kier molecular flexibility index (Phi) is 5.80. The summed E-state index contributed by atoms with van der Waals surface area (Å²) in [6, 6.07) is 11.2. The van der Waals surface area contributed by atoms with Gasteiger partial charge in [-0.1, -0.05) is 6.07 Å². The van der Waals surface area contributed by atoms with Crippen molar-refractivity contribution in [1.29, 1.82) is 0 Å². The Balaban J connectivity index is 1.32. The molecule has 0 aliphatic rings. The second-order valence-electron chi connectivity index (χ2n) is 7.36. The number of pyridine rings is 1. The van der Waals surface area contributed by atoms with Gasteiger partial charge in [0.2, 0.25) is 10.0 Å². The highest BCUT2D eigenvalue weighted by molar-refractivity contribution is 7.89. The van der Waals surface area contributed by atoms with Gasteiger partial charge in [0.05, 0.1) is 4.90 Å². The van der Waals surface area contributed by atoms with Crippen LogP contribution >= 0.6 is 0 Å². The number of aromatic nitrogens is 2. The summed E-state index contributed by atoms with van der Waals surface area (Å²) >= 11 is 0. The van der Waals surface area contributed by atoms with Crippen LogP contribution in [0.15, 0.2) is 66.0 Å². The third-order valence-corrected chi connectivity index (χ3v) is 6.62. The summed E-state index contributed by atoms with van der Waals surface area (Å²) in [5, 5.41) is 5.86. The molecule has 1 atom stereocenters. The SMILES string of the molecule is CC(CNCCc1c[nH]c2ccc(F)cc12)NS(=O)(=O)c1ccc2cnccc2c1. The van der Waals surface area contributed by atoms with E-state index in [1.54, 1.807) is 42.7 Å². The molecule has 4 aromatic rings. The molecule has 0 amide bonds. The van der Waals surface area contributed by atoms with Crippen molar-refractivity contribution in [3.8, 4) is 0 Å². The maximum atomic E-state index is 13.5. The van der Waals surface area contributed by atoms with Crippen LogP contribution in [-0.2, 0) is 16.4 Å². The Morgan fingerprint density at radius 1 is 1.13 bits per heavy atom. The van der Waals surface area contributed by atoms with E-state index in [4.69, 9.17) is 0 Å². The minimum Gasteiger partial charge on any atom is -0.361 e. The lowest BCUT2D eigenvalue weighted by Gasteiger charge is -2.15. The van der Waals surface area contributed by atoms with Gasteiger partial charge in [0.25, 0.3) is 0 Å². The minimum atomic E-state index is -3.62. The molecule has 2 heterocycles. The molecular weight excluding hydrogens is 403 g/mol. The Morgan fingerprint density at radius 2 is 2.00 bits per heavy atom. The summed E-state index contributed by atoms with van der Waals surface area (Å²) in [4.78, 5) is 7.41. The van der Waals surface area contributed by atoms with Gasteiger partial charge in [-0.15, -0.1) is 0 Å². The number of halogens is 1. The summed E-state index contributed by atoms with van der Waals surface area (Å²) in [5.74, 6) is -0.260. The molecule has 0 aliphatic heterocycles. The highest BCUT2D eigenvalue weighted by Crippen LogP contribution is 2.20. The lowest BCUT2D eigenvalue weighted by molar-refractivity contribution is 0.537. The number of rotatable bonds is 8. The van der Waals surface area contributed by atoms with Crippen LogP contribution in [0.4, 0.5) is 4.39 Å². The van der Waals surface area contributed by atoms with E-state index in [2.05, 4.69) is 20.0 Å². The van der Waals surface area contributed by atoms with Gasteiger partial charge in [-0.2, -0.15) is 0 Å². The topological polar surface area (TPSA) is 86.9 Å². The maximum absolute atomic E-state index is 13.5. The van der Waals surface area contributed by atoms with E-state index in [0.29, 0.717) is 19.5 Å². The smallest absolute Gasteiger partial charge is 0.240 e. The van der Waals surface area contributed by atoms with E-state index in [9.17, 15) is 12.8 Å². The van der Waals surface area contributed by atoms with Crippen LogP contribution in [0.5, 0.6) is 0 Å². The Labute approximate surface area is 174 Å². The summed E-state index contributed by atoms with van der Waals surface area (Å²) in [6.07, 6.45) is 5.93. The standard InChI is InChI=1S/C22H23FN4O2S/c1-15(12-24-9-7-18-14-26-22-5-3-19(23)11-21(18)22)27-30(28,29)20-4-2-17-13-25-8-6-16(17)10-20/h2-6,8,10-11,13-15,24,26-27H,7,9,12H2,1H3. The molecule has 0 radical (unpaired) electrons. The molecule has 156 valence electrons. The molecule has 6 nitrogen and oxygen atoms in total. The number of H-pyrrole nitrogens is 1. The van der Waals surface area contributed by atoms with Gasteiger partial charge in [0.1, 0.15) is 5.82 Å². The van der Waals surface area contributed by atoms with Crippen molar-refractivity contribution < 1.29 is 12.8 Å². The second kappa shape index (κ2) is 8.51. The van der Waals surface area contributed by atoms with E-state index >= 15 is 0 Å². The van der Waals surface area contributed by atoms with E-state index in [1.165, 1.54) is 12.1 Å². The largest absolute Gasteiger partial charge is 0.361 e. The van der Waals surface area contributed by atoms with Crippen LogP contribution in [0.2, 0.25) is 0 Å². The molecule has 0 spiro atoms. The average Bonchev–Trinajstić information content (AvgIpc) is 3.12. The van der Waals surface area contributed by atoms with E-state index in [-0.39, 0.29) is 16.8 Å². The molecule has 8 heteroatoms. The molecule has 0 saturated heterocycles. The first-order valence-electron chi connectivity index (χ1n) is 9.75. The van der Waals surface area contributed by atoms with E-state index in [0.717, 1.165) is 27.2 Å². The predicted molar refractivity (Wildman–Crippen MR) is 116 cm³/mol. The Morgan fingerprint density at radius 3 is 2.87 bits per heavy atom. The van der Waals surface area contributed by atoms with Gasteiger partial charge in [-0.05, 0) is 67.2 Å². The first-order chi connectivity index (χ1) is 14.4. The monoisotopic (exact) mass is 426 g/mol. The van der Waals surface area contributed by atoms with Crippen LogP contribution in [0, 0.1) is 5.82 Å². The number of aromatic amines is 1. The first-order valence-corrected chi connectivity index (χ1v) is 11.2. The van der Waals surface area contributed by atoms with Crippen molar-refractivity contribution in [2.45, 2.75) is 24.3 Å². The van der Waals surface area contributed by atoms with Crippen molar-refractivity contribution in [2.75, 3.05) is 13.1 Å². The molecule has 3 N–H and O–H groups in total.